The van der Waals surface area contributed by atoms with Crippen molar-refractivity contribution in [3.63, 3.8) is 0 Å². The summed E-state index contributed by atoms with van der Waals surface area (Å²) < 4.78 is 4.47. The van der Waals surface area contributed by atoms with Gasteiger partial charge in [-0.2, -0.15) is 0 Å². The smallest absolute Gasteiger partial charge is 0.348 e. The summed E-state index contributed by atoms with van der Waals surface area (Å²) in [6.45, 7) is 0. The first-order valence-electron chi connectivity index (χ1n) is 3.12. The van der Waals surface area contributed by atoms with Gasteiger partial charge in [0.05, 0.1) is 0 Å². The van der Waals surface area contributed by atoms with Crippen LogP contribution in [0.25, 0.3) is 0 Å². The third-order valence-electron chi connectivity index (χ3n) is 1.32. The molecule has 1 aliphatic heterocycles. The molecule has 4 heteroatoms. The SMILES string of the molecule is O=C(O)CCCC1OC1=O. The van der Waals surface area contributed by atoms with Gasteiger partial charge >= 0.3 is 11.9 Å². The molecule has 56 valence electrons. The van der Waals surface area contributed by atoms with Crippen LogP contribution >= 0.6 is 0 Å². The monoisotopic (exact) mass is 144 g/mol. The van der Waals surface area contributed by atoms with Gasteiger partial charge in [0, 0.05) is 6.42 Å². The summed E-state index contributed by atoms with van der Waals surface area (Å²) in [6.07, 6.45) is 0.892. The topological polar surface area (TPSA) is 66.9 Å². The molecule has 1 fully saturated rings. The predicted molar refractivity (Wildman–Crippen MR) is 31.4 cm³/mol. The minimum absolute atomic E-state index is 0.118. The molecule has 0 bridgehead atoms. The number of aliphatic carboxylic acids is 1. The van der Waals surface area contributed by atoms with E-state index < -0.39 is 5.97 Å². The number of ether oxygens (including phenoxy) is 1. The summed E-state index contributed by atoms with van der Waals surface area (Å²) in [5, 5.41) is 8.19. The van der Waals surface area contributed by atoms with Crippen molar-refractivity contribution >= 4 is 11.9 Å². The van der Waals surface area contributed by atoms with E-state index in [1.807, 2.05) is 0 Å². The standard InChI is InChI=1S/C6H8O4/c7-5(8)3-1-2-4-6(9)10-4/h4H,1-3H2,(H,7,8). The number of carbonyl (C=O) groups is 2. The van der Waals surface area contributed by atoms with E-state index in [2.05, 4.69) is 4.74 Å². The van der Waals surface area contributed by atoms with Crippen molar-refractivity contribution in [2.24, 2.45) is 0 Å². The van der Waals surface area contributed by atoms with Crippen LogP contribution in [0.15, 0.2) is 0 Å². The lowest BCUT2D eigenvalue weighted by Crippen LogP contribution is -1.96. The maximum absolute atomic E-state index is 10.2. The Morgan fingerprint density at radius 2 is 2.30 bits per heavy atom. The van der Waals surface area contributed by atoms with Gasteiger partial charge in [-0.1, -0.05) is 0 Å². The van der Waals surface area contributed by atoms with E-state index in [4.69, 9.17) is 5.11 Å². The van der Waals surface area contributed by atoms with Crippen molar-refractivity contribution < 1.29 is 19.4 Å². The molecule has 4 nitrogen and oxygen atoms in total. The third-order valence-corrected chi connectivity index (χ3v) is 1.32. The molecule has 10 heavy (non-hydrogen) atoms. The Morgan fingerprint density at radius 1 is 1.70 bits per heavy atom. The van der Waals surface area contributed by atoms with Gasteiger partial charge in [0.25, 0.3) is 0 Å². The van der Waals surface area contributed by atoms with Gasteiger partial charge in [0.1, 0.15) is 0 Å². The summed E-state index contributed by atoms with van der Waals surface area (Å²) in [4.78, 5) is 20.1. The zero-order valence-corrected chi connectivity index (χ0v) is 5.37. The summed E-state index contributed by atoms with van der Waals surface area (Å²) >= 11 is 0. The van der Waals surface area contributed by atoms with Crippen LogP contribution in [-0.4, -0.2) is 23.1 Å². The normalized spacial score (nSPS) is 22.0. The van der Waals surface area contributed by atoms with Crippen molar-refractivity contribution in [3.8, 4) is 0 Å². The maximum atomic E-state index is 10.2. The highest BCUT2D eigenvalue weighted by Crippen LogP contribution is 2.18. The molecule has 1 atom stereocenters. The van der Waals surface area contributed by atoms with E-state index >= 15 is 0 Å². The van der Waals surface area contributed by atoms with E-state index in [1.165, 1.54) is 0 Å². The van der Waals surface area contributed by atoms with Crippen LogP contribution in [0.5, 0.6) is 0 Å². The van der Waals surface area contributed by atoms with E-state index in [-0.39, 0.29) is 18.5 Å². The van der Waals surface area contributed by atoms with Gasteiger partial charge in [-0.25, -0.2) is 4.79 Å². The molecule has 1 unspecified atom stereocenters. The van der Waals surface area contributed by atoms with Crippen molar-refractivity contribution in [2.45, 2.75) is 25.4 Å². The van der Waals surface area contributed by atoms with Gasteiger partial charge in [-0.15, -0.1) is 0 Å². The first kappa shape index (κ1) is 7.05. The van der Waals surface area contributed by atoms with E-state index in [0.29, 0.717) is 12.8 Å². The Balaban J connectivity index is 1.96. The van der Waals surface area contributed by atoms with Crippen molar-refractivity contribution in [3.05, 3.63) is 0 Å². The molecule has 1 aliphatic rings. The minimum atomic E-state index is -0.826. The fourth-order valence-electron chi connectivity index (χ4n) is 0.722. The number of rotatable bonds is 4. The highest BCUT2D eigenvalue weighted by atomic mass is 16.6. The van der Waals surface area contributed by atoms with Crippen LogP contribution in [0.1, 0.15) is 19.3 Å². The zero-order valence-electron chi connectivity index (χ0n) is 5.37. The summed E-state index contributed by atoms with van der Waals surface area (Å²) in [5.74, 6) is -1.03. The van der Waals surface area contributed by atoms with Gasteiger partial charge < -0.3 is 9.84 Å². The first-order chi connectivity index (χ1) is 4.70. The van der Waals surface area contributed by atoms with Crippen LogP contribution in [-0.2, 0) is 14.3 Å². The summed E-state index contributed by atoms with van der Waals surface area (Å²) in [7, 11) is 0. The number of carboxylic acids is 1. The zero-order chi connectivity index (χ0) is 7.56. The average Bonchev–Trinajstić information content (AvgIpc) is 2.46. The Bertz CT molecular complexity index is 163. The third kappa shape index (κ3) is 2.05. The molecule has 1 rings (SSSR count). The largest absolute Gasteiger partial charge is 0.481 e. The molecule has 1 heterocycles. The Labute approximate surface area is 57.8 Å². The van der Waals surface area contributed by atoms with Gasteiger partial charge in [0.2, 0.25) is 0 Å². The first-order valence-corrected chi connectivity index (χ1v) is 3.12. The van der Waals surface area contributed by atoms with E-state index in [1.54, 1.807) is 0 Å². The Morgan fingerprint density at radius 3 is 2.70 bits per heavy atom. The second kappa shape index (κ2) is 2.68. The lowest BCUT2D eigenvalue weighted by molar-refractivity contribution is -0.137. The second-order valence-corrected chi connectivity index (χ2v) is 2.21. The number of carbonyl (C=O) groups excluding carboxylic acids is 1. The lowest BCUT2D eigenvalue weighted by atomic mass is 10.2. The minimum Gasteiger partial charge on any atom is -0.481 e. The van der Waals surface area contributed by atoms with E-state index in [9.17, 15) is 9.59 Å². The molecule has 0 aromatic carbocycles. The van der Waals surface area contributed by atoms with Gasteiger partial charge in [0.15, 0.2) is 6.10 Å². The van der Waals surface area contributed by atoms with Crippen molar-refractivity contribution in [2.75, 3.05) is 0 Å². The molecule has 0 saturated carbocycles. The van der Waals surface area contributed by atoms with Crippen LogP contribution in [0.2, 0.25) is 0 Å². The predicted octanol–water partition coefficient (Wildman–Crippen LogP) is 0.167. The Kier molecular flexibility index (Phi) is 1.89. The molecule has 0 amide bonds. The molecular formula is C6H8O4. The summed E-state index contributed by atoms with van der Waals surface area (Å²) in [6, 6.07) is 0. The van der Waals surface area contributed by atoms with Crippen LogP contribution in [0.3, 0.4) is 0 Å². The molecule has 0 aromatic rings. The maximum Gasteiger partial charge on any atom is 0.348 e. The highest BCUT2D eigenvalue weighted by Gasteiger charge is 2.36. The quantitative estimate of drug-likeness (QED) is 0.571. The second-order valence-electron chi connectivity index (χ2n) is 2.21. The lowest BCUT2D eigenvalue weighted by Gasteiger charge is -1.88. The number of hydrogen-bond donors (Lipinski definition) is 1. The Hall–Kier alpha value is -1.06. The van der Waals surface area contributed by atoms with Gasteiger partial charge in [-0.05, 0) is 12.8 Å². The van der Waals surface area contributed by atoms with E-state index in [0.717, 1.165) is 0 Å². The fourth-order valence-corrected chi connectivity index (χ4v) is 0.722. The van der Waals surface area contributed by atoms with Crippen molar-refractivity contribution in [1.82, 2.24) is 0 Å². The molecule has 0 aliphatic carbocycles. The average molecular weight is 144 g/mol. The van der Waals surface area contributed by atoms with Crippen LogP contribution < -0.4 is 0 Å². The molecule has 1 saturated heterocycles. The number of hydrogen-bond acceptors (Lipinski definition) is 3. The molecule has 0 aromatic heterocycles. The summed E-state index contributed by atoms with van der Waals surface area (Å²) in [5.41, 5.74) is 0. The molecule has 1 N–H and O–H groups in total. The molecule has 0 radical (unpaired) electrons. The highest BCUT2D eigenvalue weighted by molar-refractivity contribution is 5.87. The van der Waals surface area contributed by atoms with Crippen LogP contribution in [0.4, 0.5) is 0 Å². The molecular weight excluding hydrogens is 136 g/mol. The molecule has 0 spiro atoms. The van der Waals surface area contributed by atoms with Gasteiger partial charge in [-0.3, -0.25) is 4.79 Å². The van der Waals surface area contributed by atoms with Crippen LogP contribution in [0, 0.1) is 0 Å². The fraction of sp³-hybridized carbons (Fsp3) is 0.667. The number of cyclic esters (lactones) is 1. The number of carboxylic acid groups (broad SMARTS) is 1. The van der Waals surface area contributed by atoms with Crippen molar-refractivity contribution in [1.29, 1.82) is 0 Å². The number of epoxide rings is 1.